The van der Waals surface area contributed by atoms with Crippen LogP contribution in [0.3, 0.4) is 0 Å². The third kappa shape index (κ3) is 4.75. The van der Waals surface area contributed by atoms with Gasteiger partial charge in [-0.05, 0) is 55.0 Å². The molecule has 0 radical (unpaired) electrons. The second kappa shape index (κ2) is 9.04. The van der Waals surface area contributed by atoms with E-state index in [1.807, 2.05) is 12.1 Å². The van der Waals surface area contributed by atoms with Crippen molar-refractivity contribution in [1.82, 2.24) is 4.98 Å². The second-order valence-electron chi connectivity index (χ2n) is 6.69. The number of pyridine rings is 1. The van der Waals surface area contributed by atoms with Crippen LogP contribution in [0, 0.1) is 0 Å². The van der Waals surface area contributed by atoms with Crippen LogP contribution in [-0.2, 0) is 11.0 Å². The molecule has 0 saturated carbocycles. The van der Waals surface area contributed by atoms with Gasteiger partial charge in [0.2, 0.25) is 0 Å². The van der Waals surface area contributed by atoms with Crippen LogP contribution in [0.4, 0.5) is 22.7 Å². The van der Waals surface area contributed by atoms with Gasteiger partial charge in [-0.25, -0.2) is 4.21 Å². The van der Waals surface area contributed by atoms with Crippen LogP contribution in [0.15, 0.2) is 60.9 Å². The Morgan fingerprint density at radius 2 is 1.77 bits per heavy atom. The van der Waals surface area contributed by atoms with E-state index in [2.05, 4.69) is 15.6 Å². The minimum atomic E-state index is -1.08. The van der Waals surface area contributed by atoms with Gasteiger partial charge < -0.3 is 10.6 Å². The van der Waals surface area contributed by atoms with Gasteiger partial charge in [-0.2, -0.15) is 0 Å². The minimum Gasteiger partial charge on any atom is -0.355 e. The van der Waals surface area contributed by atoms with Crippen molar-refractivity contribution in [2.45, 2.75) is 6.42 Å². The van der Waals surface area contributed by atoms with Crippen LogP contribution in [0.2, 0.25) is 10.0 Å². The van der Waals surface area contributed by atoms with Gasteiger partial charge in [0.05, 0.1) is 16.3 Å². The summed E-state index contributed by atoms with van der Waals surface area (Å²) in [6.07, 6.45) is 4.21. The Labute approximate surface area is 186 Å². The van der Waals surface area contributed by atoms with E-state index in [1.165, 1.54) is 0 Å². The van der Waals surface area contributed by atoms with E-state index in [0.717, 1.165) is 17.8 Å². The van der Waals surface area contributed by atoms with E-state index in [-0.39, 0.29) is 5.91 Å². The normalized spacial score (nSPS) is 15.8. The summed E-state index contributed by atoms with van der Waals surface area (Å²) in [5, 5.41) is 6.85. The Balaban J connectivity index is 1.56. The van der Waals surface area contributed by atoms with Gasteiger partial charge in [-0.1, -0.05) is 23.2 Å². The van der Waals surface area contributed by atoms with Gasteiger partial charge >= 0.3 is 0 Å². The summed E-state index contributed by atoms with van der Waals surface area (Å²) < 4.78 is 13.9. The predicted octanol–water partition coefficient (Wildman–Crippen LogP) is 5.26. The Bertz CT molecular complexity index is 1110. The maximum absolute atomic E-state index is 12.9. The molecule has 1 aliphatic rings. The number of carbonyl (C=O) groups is 1. The monoisotopic (exact) mass is 460 g/mol. The quantitative estimate of drug-likeness (QED) is 0.544. The van der Waals surface area contributed by atoms with E-state index in [0.29, 0.717) is 39.3 Å². The maximum Gasteiger partial charge on any atom is 0.257 e. The van der Waals surface area contributed by atoms with Gasteiger partial charge in [-0.3, -0.25) is 14.1 Å². The standard InChI is InChI=1S/C21H18Cl2N4O2S/c22-14-10-16(25-15-4-6-24-7-5-15)12-17(11-14)26-21(28)19-13-18(2-3-20(19)23)27-8-1-9-30(27)29/h2-7,10-13H,1,8-9H2,(H,24,25)(H,26,28). The molecule has 1 fully saturated rings. The molecule has 6 nitrogen and oxygen atoms in total. The topological polar surface area (TPSA) is 74.3 Å². The Morgan fingerprint density at radius 1 is 1.00 bits per heavy atom. The SMILES string of the molecule is O=C(Nc1cc(Cl)cc(Nc2ccncc2)c1)c1cc(N2CCCS2=O)ccc1Cl. The zero-order valence-corrected chi connectivity index (χ0v) is 18.1. The highest BCUT2D eigenvalue weighted by Crippen LogP contribution is 2.29. The van der Waals surface area contributed by atoms with Crippen molar-refractivity contribution in [3.63, 3.8) is 0 Å². The van der Waals surface area contributed by atoms with Crippen LogP contribution in [0.25, 0.3) is 0 Å². The summed E-state index contributed by atoms with van der Waals surface area (Å²) >= 11 is 12.5. The van der Waals surface area contributed by atoms with E-state index >= 15 is 0 Å². The molecule has 1 aliphatic heterocycles. The molecule has 9 heteroatoms. The fourth-order valence-electron chi connectivity index (χ4n) is 3.17. The van der Waals surface area contributed by atoms with Crippen molar-refractivity contribution in [1.29, 1.82) is 0 Å². The highest BCUT2D eigenvalue weighted by Gasteiger charge is 2.22. The summed E-state index contributed by atoms with van der Waals surface area (Å²) in [4.78, 5) is 16.9. The number of nitrogens with zero attached hydrogens (tertiary/aromatic N) is 2. The van der Waals surface area contributed by atoms with Gasteiger partial charge in [0.25, 0.3) is 5.91 Å². The first kappa shape index (κ1) is 20.7. The summed E-state index contributed by atoms with van der Waals surface area (Å²) in [7, 11) is -1.08. The predicted molar refractivity (Wildman–Crippen MR) is 123 cm³/mol. The second-order valence-corrected chi connectivity index (χ2v) is 9.02. The number of benzene rings is 2. The maximum atomic E-state index is 12.9. The largest absolute Gasteiger partial charge is 0.355 e. The number of hydrogen-bond acceptors (Lipinski definition) is 4. The number of carbonyl (C=O) groups excluding carboxylic acids is 1. The van der Waals surface area contributed by atoms with Crippen molar-refractivity contribution < 1.29 is 9.00 Å². The zero-order valence-electron chi connectivity index (χ0n) is 15.8. The van der Waals surface area contributed by atoms with Crippen molar-refractivity contribution in [3.8, 4) is 0 Å². The Hall–Kier alpha value is -2.61. The number of amides is 1. The number of anilines is 4. The molecular formula is C21H18Cl2N4O2S. The molecule has 2 heterocycles. The van der Waals surface area contributed by atoms with Crippen molar-refractivity contribution in [2.75, 3.05) is 27.2 Å². The smallest absolute Gasteiger partial charge is 0.257 e. The molecule has 2 aromatic carbocycles. The molecule has 0 spiro atoms. The summed E-state index contributed by atoms with van der Waals surface area (Å²) in [5.41, 5.74) is 3.11. The molecule has 154 valence electrons. The number of halogens is 2. The summed E-state index contributed by atoms with van der Waals surface area (Å²) in [5.74, 6) is 0.254. The average Bonchev–Trinajstić information content (AvgIpc) is 3.14. The molecular weight excluding hydrogens is 443 g/mol. The molecule has 0 bridgehead atoms. The highest BCUT2D eigenvalue weighted by atomic mass is 35.5. The molecule has 1 atom stereocenters. The number of hydrogen-bond donors (Lipinski definition) is 2. The molecule has 4 rings (SSSR count). The zero-order chi connectivity index (χ0) is 21.1. The lowest BCUT2D eigenvalue weighted by Crippen LogP contribution is -2.20. The number of rotatable bonds is 5. The van der Waals surface area contributed by atoms with Crippen LogP contribution in [0.1, 0.15) is 16.8 Å². The van der Waals surface area contributed by atoms with Gasteiger partial charge in [0.15, 0.2) is 0 Å². The third-order valence-corrected chi connectivity index (χ3v) is 6.60. The molecule has 2 N–H and O–H groups in total. The van der Waals surface area contributed by atoms with Crippen LogP contribution in [-0.4, -0.2) is 27.4 Å². The van der Waals surface area contributed by atoms with Gasteiger partial charge in [0.1, 0.15) is 11.0 Å². The lowest BCUT2D eigenvalue weighted by molar-refractivity contribution is 0.102. The summed E-state index contributed by atoms with van der Waals surface area (Å²) in [6, 6.07) is 13.9. The van der Waals surface area contributed by atoms with E-state index in [4.69, 9.17) is 23.2 Å². The molecule has 1 saturated heterocycles. The Morgan fingerprint density at radius 3 is 2.50 bits per heavy atom. The fourth-order valence-corrected chi connectivity index (χ4v) is 4.88. The van der Waals surface area contributed by atoms with E-state index in [1.54, 1.807) is 53.1 Å². The highest BCUT2D eigenvalue weighted by molar-refractivity contribution is 7.86. The van der Waals surface area contributed by atoms with Crippen molar-refractivity contribution in [2.24, 2.45) is 0 Å². The average molecular weight is 461 g/mol. The summed E-state index contributed by atoms with van der Waals surface area (Å²) in [6.45, 7) is 0.688. The van der Waals surface area contributed by atoms with Crippen LogP contribution < -0.4 is 14.9 Å². The van der Waals surface area contributed by atoms with E-state index < -0.39 is 11.0 Å². The molecule has 1 amide bonds. The van der Waals surface area contributed by atoms with Gasteiger partial charge in [-0.15, -0.1) is 0 Å². The lowest BCUT2D eigenvalue weighted by atomic mass is 10.1. The Kier molecular flexibility index (Phi) is 6.22. The lowest BCUT2D eigenvalue weighted by Gasteiger charge is -2.17. The van der Waals surface area contributed by atoms with Crippen LogP contribution in [0.5, 0.6) is 0 Å². The molecule has 3 aromatic rings. The van der Waals surface area contributed by atoms with Crippen LogP contribution >= 0.6 is 23.2 Å². The minimum absolute atomic E-state index is 0.307. The fraction of sp³-hybridized carbons (Fsp3) is 0.143. The molecule has 1 unspecified atom stereocenters. The first-order valence-corrected chi connectivity index (χ1v) is 11.3. The molecule has 0 aliphatic carbocycles. The first-order chi connectivity index (χ1) is 14.5. The molecule has 30 heavy (non-hydrogen) atoms. The number of aromatic nitrogens is 1. The van der Waals surface area contributed by atoms with Gasteiger partial charge in [0, 0.05) is 46.8 Å². The number of nitrogens with one attached hydrogen (secondary N) is 2. The van der Waals surface area contributed by atoms with Crippen molar-refractivity contribution in [3.05, 3.63) is 76.5 Å². The molecule has 1 aromatic heterocycles. The van der Waals surface area contributed by atoms with E-state index in [9.17, 15) is 9.00 Å². The first-order valence-electron chi connectivity index (χ1n) is 9.24. The van der Waals surface area contributed by atoms with Crippen molar-refractivity contribution >= 4 is 62.8 Å². The third-order valence-electron chi connectivity index (χ3n) is 4.53.